The molecule has 0 aliphatic rings. The number of allylic oxidation sites excluding steroid dienone is 4. The van der Waals surface area contributed by atoms with Gasteiger partial charge < -0.3 is 14.2 Å². The Morgan fingerprint density at radius 2 is 0.571 bits per heavy atom. The molecular weight excluding hydrogens is 781 g/mol. The summed E-state index contributed by atoms with van der Waals surface area (Å²) in [6.07, 6.45) is 60.2. The summed E-state index contributed by atoms with van der Waals surface area (Å²) in [5, 5.41) is 0. The standard InChI is InChI=1S/C57H106O6/c1-4-7-10-13-16-19-22-24-26-27-28-29-31-33-36-39-42-45-48-51-57(60)63-54(52-61-55(58)49-46-43-40-37-34-21-18-15-12-9-6-3)53-62-56(59)50-47-44-41-38-35-32-30-25-23-20-17-14-11-8-5-2/h17,20,25,30,54H,4-16,18-19,21-24,26-29,31-53H2,1-3H3/b20-17-,30-25-/t54-/m0/s1. The summed E-state index contributed by atoms with van der Waals surface area (Å²) >= 11 is 0. The van der Waals surface area contributed by atoms with Gasteiger partial charge in [-0.15, -0.1) is 0 Å². The van der Waals surface area contributed by atoms with Crippen LogP contribution in [0.5, 0.6) is 0 Å². The third-order valence-electron chi connectivity index (χ3n) is 12.5. The summed E-state index contributed by atoms with van der Waals surface area (Å²) in [5.41, 5.74) is 0. The molecule has 370 valence electrons. The molecular formula is C57H106O6. The molecule has 0 unspecified atom stereocenters. The fourth-order valence-electron chi connectivity index (χ4n) is 8.24. The Labute approximate surface area is 392 Å². The summed E-state index contributed by atoms with van der Waals surface area (Å²) in [6.45, 7) is 6.64. The summed E-state index contributed by atoms with van der Waals surface area (Å²) < 4.78 is 16.8. The molecule has 0 N–H and O–H groups in total. The van der Waals surface area contributed by atoms with Gasteiger partial charge in [-0.25, -0.2) is 0 Å². The SMILES string of the molecule is CCCCC/C=C\C/C=C\CCCCCCCC(=O)OC[C@H](COC(=O)CCCCCCCCCCCCC)OC(=O)CCCCCCCCCCCCCCCCCCCCC. The van der Waals surface area contributed by atoms with Crippen LogP contribution in [0.1, 0.15) is 303 Å². The van der Waals surface area contributed by atoms with Gasteiger partial charge in [0.1, 0.15) is 13.2 Å². The lowest BCUT2D eigenvalue weighted by Crippen LogP contribution is -2.30. The third kappa shape index (κ3) is 50.7. The summed E-state index contributed by atoms with van der Waals surface area (Å²) in [5.74, 6) is -0.867. The quantitative estimate of drug-likeness (QED) is 0.0262. The van der Waals surface area contributed by atoms with Crippen LogP contribution in [0.3, 0.4) is 0 Å². The molecule has 63 heavy (non-hydrogen) atoms. The van der Waals surface area contributed by atoms with Crippen molar-refractivity contribution in [3.8, 4) is 0 Å². The Bertz CT molecular complexity index is 1020. The van der Waals surface area contributed by atoms with Crippen LogP contribution in [0.4, 0.5) is 0 Å². The molecule has 0 aromatic carbocycles. The molecule has 0 spiro atoms. The fraction of sp³-hybridized carbons (Fsp3) is 0.877. The molecule has 0 amide bonds. The van der Waals surface area contributed by atoms with Crippen molar-refractivity contribution in [2.45, 2.75) is 309 Å². The van der Waals surface area contributed by atoms with Gasteiger partial charge >= 0.3 is 17.9 Å². The summed E-state index contributed by atoms with van der Waals surface area (Å²) in [7, 11) is 0. The molecule has 6 nitrogen and oxygen atoms in total. The Morgan fingerprint density at radius 1 is 0.317 bits per heavy atom. The first-order valence-corrected chi connectivity index (χ1v) is 27.8. The first kappa shape index (κ1) is 60.9. The second kappa shape index (κ2) is 52.5. The second-order valence-electron chi connectivity index (χ2n) is 18.9. The monoisotopic (exact) mass is 887 g/mol. The van der Waals surface area contributed by atoms with Gasteiger partial charge in [0.25, 0.3) is 0 Å². The van der Waals surface area contributed by atoms with Gasteiger partial charge in [0.05, 0.1) is 0 Å². The zero-order valence-corrected chi connectivity index (χ0v) is 42.4. The van der Waals surface area contributed by atoms with Crippen LogP contribution in [0.2, 0.25) is 0 Å². The molecule has 1 atom stereocenters. The van der Waals surface area contributed by atoms with E-state index in [1.54, 1.807) is 0 Å². The van der Waals surface area contributed by atoms with Crippen LogP contribution in [0.25, 0.3) is 0 Å². The van der Waals surface area contributed by atoms with E-state index in [4.69, 9.17) is 14.2 Å². The normalized spacial score (nSPS) is 12.1. The van der Waals surface area contributed by atoms with Crippen molar-refractivity contribution in [3.05, 3.63) is 24.3 Å². The van der Waals surface area contributed by atoms with Gasteiger partial charge in [-0.05, 0) is 51.4 Å². The lowest BCUT2D eigenvalue weighted by Gasteiger charge is -2.18. The van der Waals surface area contributed by atoms with Gasteiger partial charge in [0, 0.05) is 19.3 Å². The van der Waals surface area contributed by atoms with E-state index in [0.717, 1.165) is 77.0 Å². The molecule has 0 saturated carbocycles. The van der Waals surface area contributed by atoms with Crippen molar-refractivity contribution >= 4 is 17.9 Å². The highest BCUT2D eigenvalue weighted by Gasteiger charge is 2.19. The van der Waals surface area contributed by atoms with E-state index in [1.165, 1.54) is 186 Å². The smallest absolute Gasteiger partial charge is 0.306 e. The van der Waals surface area contributed by atoms with Gasteiger partial charge in [0.15, 0.2) is 6.10 Å². The van der Waals surface area contributed by atoms with Gasteiger partial charge in [-0.2, -0.15) is 0 Å². The minimum Gasteiger partial charge on any atom is -0.462 e. The van der Waals surface area contributed by atoms with E-state index in [9.17, 15) is 14.4 Å². The first-order valence-electron chi connectivity index (χ1n) is 27.8. The third-order valence-corrected chi connectivity index (χ3v) is 12.5. The summed E-state index contributed by atoms with van der Waals surface area (Å²) in [6, 6.07) is 0. The lowest BCUT2D eigenvalue weighted by molar-refractivity contribution is -0.167. The van der Waals surface area contributed by atoms with E-state index in [1.807, 2.05) is 0 Å². The van der Waals surface area contributed by atoms with E-state index in [-0.39, 0.29) is 31.1 Å². The molecule has 0 aromatic heterocycles. The number of carbonyl (C=O) groups is 3. The van der Waals surface area contributed by atoms with Crippen molar-refractivity contribution in [1.82, 2.24) is 0 Å². The van der Waals surface area contributed by atoms with E-state index >= 15 is 0 Å². The minimum absolute atomic E-state index is 0.0707. The molecule has 0 radical (unpaired) electrons. The molecule has 0 heterocycles. The largest absolute Gasteiger partial charge is 0.462 e. The molecule has 0 rings (SSSR count). The molecule has 0 aliphatic heterocycles. The number of unbranched alkanes of at least 4 members (excludes halogenated alkanes) is 36. The molecule has 0 aromatic rings. The molecule has 0 bridgehead atoms. The number of esters is 3. The van der Waals surface area contributed by atoms with E-state index in [0.29, 0.717) is 19.3 Å². The maximum absolute atomic E-state index is 12.8. The van der Waals surface area contributed by atoms with Gasteiger partial charge in [-0.1, -0.05) is 257 Å². The zero-order valence-electron chi connectivity index (χ0n) is 42.4. The van der Waals surface area contributed by atoms with Crippen LogP contribution >= 0.6 is 0 Å². The van der Waals surface area contributed by atoms with Crippen LogP contribution in [-0.4, -0.2) is 37.2 Å². The van der Waals surface area contributed by atoms with Crippen LogP contribution < -0.4 is 0 Å². The Morgan fingerprint density at radius 3 is 0.905 bits per heavy atom. The highest BCUT2D eigenvalue weighted by Crippen LogP contribution is 2.17. The van der Waals surface area contributed by atoms with Crippen molar-refractivity contribution < 1.29 is 28.6 Å². The van der Waals surface area contributed by atoms with Crippen molar-refractivity contribution in [2.24, 2.45) is 0 Å². The molecule has 6 heteroatoms. The Balaban J connectivity index is 4.30. The zero-order chi connectivity index (χ0) is 45.8. The van der Waals surface area contributed by atoms with Crippen LogP contribution in [-0.2, 0) is 28.6 Å². The number of ether oxygens (including phenoxy) is 3. The van der Waals surface area contributed by atoms with Crippen molar-refractivity contribution in [2.75, 3.05) is 13.2 Å². The maximum atomic E-state index is 12.8. The number of rotatable bonds is 51. The van der Waals surface area contributed by atoms with E-state index in [2.05, 4.69) is 45.1 Å². The predicted molar refractivity (Wildman–Crippen MR) is 270 cm³/mol. The first-order chi connectivity index (χ1) is 31.0. The highest BCUT2D eigenvalue weighted by atomic mass is 16.6. The number of carbonyl (C=O) groups excluding carboxylic acids is 3. The van der Waals surface area contributed by atoms with Gasteiger partial charge in [0.2, 0.25) is 0 Å². The van der Waals surface area contributed by atoms with Crippen LogP contribution in [0, 0.1) is 0 Å². The Hall–Kier alpha value is -2.11. The van der Waals surface area contributed by atoms with Crippen molar-refractivity contribution in [3.63, 3.8) is 0 Å². The summed E-state index contributed by atoms with van der Waals surface area (Å²) in [4.78, 5) is 38.0. The number of hydrogen-bond donors (Lipinski definition) is 0. The topological polar surface area (TPSA) is 78.9 Å². The average Bonchev–Trinajstić information content (AvgIpc) is 3.28. The average molecular weight is 887 g/mol. The van der Waals surface area contributed by atoms with E-state index < -0.39 is 6.10 Å². The van der Waals surface area contributed by atoms with Crippen LogP contribution in [0.15, 0.2) is 24.3 Å². The maximum Gasteiger partial charge on any atom is 0.306 e. The minimum atomic E-state index is -0.771. The predicted octanol–water partition coefficient (Wildman–Crippen LogP) is 18.3. The lowest BCUT2D eigenvalue weighted by atomic mass is 10.0. The number of hydrogen-bond acceptors (Lipinski definition) is 6. The molecule has 0 aliphatic carbocycles. The molecule has 0 saturated heterocycles. The van der Waals surface area contributed by atoms with Crippen molar-refractivity contribution in [1.29, 1.82) is 0 Å². The Kier molecular flexibility index (Phi) is 50.8. The molecule has 0 fully saturated rings. The highest BCUT2D eigenvalue weighted by molar-refractivity contribution is 5.71. The fourth-order valence-corrected chi connectivity index (χ4v) is 8.24. The second-order valence-corrected chi connectivity index (χ2v) is 18.9. The van der Waals surface area contributed by atoms with Gasteiger partial charge in [-0.3, -0.25) is 14.4 Å².